The van der Waals surface area contributed by atoms with Crippen molar-refractivity contribution < 1.29 is 29.3 Å². The highest BCUT2D eigenvalue weighted by molar-refractivity contribution is 6.29. The van der Waals surface area contributed by atoms with Crippen molar-refractivity contribution in [3.8, 4) is 0 Å². The Labute approximate surface area is 237 Å². The standard InChI is InChI=1S/C30H43ClN2O6/c1-21(20-22(2)13-10-15-25(39-7)29(37)38)12-8-9-16-26(35)33-27(30(4,5)6)28(36)32-19-11-14-24(34)18-17-23(3)31/h8-13,15-17,19-20,22,24,27,34H,14,18H2,1-7H3,(H,32,36)(H,33,35)(H,37,38). The number of carbonyl (C=O) groups is 3. The van der Waals surface area contributed by atoms with Gasteiger partial charge < -0.3 is 25.6 Å². The third-order valence-electron chi connectivity index (χ3n) is 5.17. The van der Waals surface area contributed by atoms with E-state index in [1.54, 1.807) is 37.3 Å². The van der Waals surface area contributed by atoms with Crippen molar-refractivity contribution in [3.05, 3.63) is 83.3 Å². The van der Waals surface area contributed by atoms with Crippen LogP contribution in [0.5, 0.6) is 0 Å². The van der Waals surface area contributed by atoms with E-state index in [1.807, 2.05) is 52.8 Å². The van der Waals surface area contributed by atoms with Gasteiger partial charge in [0.2, 0.25) is 17.6 Å². The average Bonchev–Trinajstić information content (AvgIpc) is 2.83. The zero-order chi connectivity index (χ0) is 30.0. The van der Waals surface area contributed by atoms with Crippen LogP contribution < -0.4 is 10.6 Å². The summed E-state index contributed by atoms with van der Waals surface area (Å²) in [5.74, 6) is -2.01. The van der Waals surface area contributed by atoms with E-state index in [-0.39, 0.29) is 17.6 Å². The number of aliphatic carboxylic acids is 1. The minimum absolute atomic E-state index is 0.0418. The second kappa shape index (κ2) is 18.8. The Morgan fingerprint density at radius 2 is 1.69 bits per heavy atom. The van der Waals surface area contributed by atoms with Gasteiger partial charge in [-0.2, -0.15) is 0 Å². The monoisotopic (exact) mass is 562 g/mol. The van der Waals surface area contributed by atoms with E-state index in [2.05, 4.69) is 10.6 Å². The van der Waals surface area contributed by atoms with Crippen LogP contribution in [0.25, 0.3) is 0 Å². The summed E-state index contributed by atoms with van der Waals surface area (Å²) in [5.41, 5.74) is 0.413. The maximum atomic E-state index is 12.7. The Balaban J connectivity index is 4.97. The van der Waals surface area contributed by atoms with Gasteiger partial charge in [-0.25, -0.2) is 4.79 Å². The molecule has 0 heterocycles. The van der Waals surface area contributed by atoms with Crippen molar-refractivity contribution in [2.75, 3.05) is 7.11 Å². The van der Waals surface area contributed by atoms with Gasteiger partial charge in [-0.1, -0.05) is 93.5 Å². The number of aliphatic hydroxyl groups is 1. The number of hydrogen-bond acceptors (Lipinski definition) is 5. The van der Waals surface area contributed by atoms with Gasteiger partial charge >= 0.3 is 5.97 Å². The molecular weight excluding hydrogens is 520 g/mol. The molecule has 0 aromatic heterocycles. The van der Waals surface area contributed by atoms with E-state index in [0.29, 0.717) is 17.9 Å². The van der Waals surface area contributed by atoms with Crippen molar-refractivity contribution in [2.45, 2.75) is 66.5 Å². The quantitative estimate of drug-likeness (QED) is 0.122. The highest BCUT2D eigenvalue weighted by Crippen LogP contribution is 2.19. The zero-order valence-corrected chi connectivity index (χ0v) is 24.7. The zero-order valence-electron chi connectivity index (χ0n) is 23.9. The largest absolute Gasteiger partial charge is 0.490 e. The summed E-state index contributed by atoms with van der Waals surface area (Å²) in [4.78, 5) is 36.1. The van der Waals surface area contributed by atoms with E-state index < -0.39 is 29.4 Å². The number of carboxylic acids is 1. The Kier molecular flexibility index (Phi) is 17.2. The molecule has 0 bridgehead atoms. The van der Waals surface area contributed by atoms with Crippen molar-refractivity contribution >= 4 is 29.4 Å². The number of allylic oxidation sites excluding steroid dienone is 9. The molecule has 9 heteroatoms. The van der Waals surface area contributed by atoms with Gasteiger partial charge in [0, 0.05) is 11.1 Å². The minimum Gasteiger partial charge on any atom is -0.490 e. The molecule has 2 amide bonds. The van der Waals surface area contributed by atoms with E-state index in [0.717, 1.165) is 5.57 Å². The molecule has 0 fully saturated rings. The topological polar surface area (TPSA) is 125 Å². The summed E-state index contributed by atoms with van der Waals surface area (Å²) in [5, 5.41) is 24.9. The number of amides is 2. The normalized spacial score (nSPS) is 16.2. The Morgan fingerprint density at radius 3 is 2.26 bits per heavy atom. The fraction of sp³-hybridized carbons (Fsp3) is 0.433. The summed E-state index contributed by atoms with van der Waals surface area (Å²) in [6.45, 7) is 11.2. The van der Waals surface area contributed by atoms with Gasteiger partial charge in [-0.15, -0.1) is 0 Å². The highest BCUT2D eigenvalue weighted by atomic mass is 35.5. The van der Waals surface area contributed by atoms with Gasteiger partial charge in [0.1, 0.15) is 6.04 Å². The molecule has 4 N–H and O–H groups in total. The number of aliphatic hydroxyl groups excluding tert-OH is 1. The van der Waals surface area contributed by atoms with Crippen molar-refractivity contribution in [2.24, 2.45) is 11.3 Å². The third-order valence-corrected chi connectivity index (χ3v) is 5.33. The van der Waals surface area contributed by atoms with Crippen molar-refractivity contribution in [3.63, 3.8) is 0 Å². The summed E-state index contributed by atoms with van der Waals surface area (Å²) in [6, 6.07) is -0.780. The molecule has 0 rings (SSSR count). The molecule has 0 spiro atoms. The number of methoxy groups -OCH3 is 1. The van der Waals surface area contributed by atoms with Crippen LogP contribution in [0.1, 0.15) is 54.4 Å². The average molecular weight is 563 g/mol. The van der Waals surface area contributed by atoms with Crippen molar-refractivity contribution in [1.82, 2.24) is 10.6 Å². The molecule has 0 aliphatic carbocycles. The lowest BCUT2D eigenvalue weighted by Gasteiger charge is -2.29. The number of carbonyl (C=O) groups excluding carboxylic acids is 2. The predicted octanol–water partition coefficient (Wildman–Crippen LogP) is 5.30. The van der Waals surface area contributed by atoms with Gasteiger partial charge in [0.15, 0.2) is 0 Å². The second-order valence-corrected chi connectivity index (χ2v) is 10.6. The molecule has 0 aromatic rings. The summed E-state index contributed by atoms with van der Waals surface area (Å²) in [7, 11) is 1.30. The third kappa shape index (κ3) is 17.7. The van der Waals surface area contributed by atoms with E-state index in [4.69, 9.17) is 21.4 Å². The predicted molar refractivity (Wildman–Crippen MR) is 157 cm³/mol. The van der Waals surface area contributed by atoms with Gasteiger partial charge in [-0.3, -0.25) is 9.59 Å². The Hall–Kier alpha value is -3.36. The number of ether oxygens (including phenoxy) is 1. The Bertz CT molecular complexity index is 1020. The van der Waals surface area contributed by atoms with Crippen LogP contribution in [0.15, 0.2) is 83.3 Å². The van der Waals surface area contributed by atoms with E-state index in [9.17, 15) is 19.5 Å². The molecule has 0 saturated heterocycles. The van der Waals surface area contributed by atoms with E-state index >= 15 is 0 Å². The molecule has 0 aromatic carbocycles. The molecule has 39 heavy (non-hydrogen) atoms. The first kappa shape index (κ1) is 35.6. The second-order valence-electron chi connectivity index (χ2n) is 10.0. The number of nitrogens with one attached hydrogen (secondary N) is 2. The van der Waals surface area contributed by atoms with Crippen LogP contribution in [-0.4, -0.2) is 47.3 Å². The highest BCUT2D eigenvalue weighted by Gasteiger charge is 2.31. The van der Waals surface area contributed by atoms with Crippen LogP contribution in [0, 0.1) is 11.3 Å². The van der Waals surface area contributed by atoms with Gasteiger partial charge in [0.05, 0.1) is 13.2 Å². The van der Waals surface area contributed by atoms with Crippen LogP contribution in [-0.2, 0) is 19.1 Å². The molecule has 0 saturated carbocycles. The lowest BCUT2D eigenvalue weighted by Crippen LogP contribution is -2.52. The van der Waals surface area contributed by atoms with Crippen LogP contribution in [0.2, 0.25) is 0 Å². The minimum atomic E-state index is -1.13. The first-order valence-electron chi connectivity index (χ1n) is 12.6. The van der Waals surface area contributed by atoms with Crippen molar-refractivity contribution in [1.29, 1.82) is 0 Å². The van der Waals surface area contributed by atoms with Gasteiger partial charge in [0.25, 0.3) is 0 Å². The molecule has 0 aliphatic rings. The number of hydrogen-bond donors (Lipinski definition) is 4. The number of halogens is 1. The molecule has 0 radical (unpaired) electrons. The molecule has 0 aliphatic heterocycles. The van der Waals surface area contributed by atoms with Gasteiger partial charge in [-0.05, 0) is 50.3 Å². The fourth-order valence-corrected chi connectivity index (χ4v) is 3.22. The Morgan fingerprint density at radius 1 is 1.05 bits per heavy atom. The lowest BCUT2D eigenvalue weighted by atomic mass is 9.86. The first-order valence-corrected chi connectivity index (χ1v) is 13.0. The van der Waals surface area contributed by atoms with E-state index in [1.165, 1.54) is 25.5 Å². The maximum Gasteiger partial charge on any atom is 0.371 e. The summed E-state index contributed by atoms with van der Waals surface area (Å²) < 4.78 is 4.76. The van der Waals surface area contributed by atoms with Crippen LogP contribution >= 0.6 is 11.6 Å². The summed E-state index contributed by atoms with van der Waals surface area (Å²) in [6.07, 6.45) is 18.3. The number of rotatable bonds is 15. The molecular formula is C30H43ClN2O6. The fourth-order valence-electron chi connectivity index (χ4n) is 3.13. The summed E-state index contributed by atoms with van der Waals surface area (Å²) >= 11 is 5.76. The molecule has 216 valence electrons. The first-order chi connectivity index (χ1) is 18.2. The molecule has 8 nitrogen and oxygen atoms in total. The smallest absolute Gasteiger partial charge is 0.371 e. The lowest BCUT2D eigenvalue weighted by molar-refractivity contribution is -0.136. The number of carboxylic acid groups (broad SMARTS) is 1. The molecule has 3 atom stereocenters. The molecule has 3 unspecified atom stereocenters. The SMILES string of the molecule is COC(=CC=CC(C)C=C(C)C=CC=CC(=O)NC(C(=O)NC=CCC(O)CC=C(C)Cl)C(C)(C)C)C(=O)O. The van der Waals surface area contributed by atoms with Crippen LogP contribution in [0.4, 0.5) is 0 Å². The maximum absolute atomic E-state index is 12.7. The van der Waals surface area contributed by atoms with Crippen LogP contribution in [0.3, 0.4) is 0 Å².